The number of hydrogen-bond acceptors (Lipinski definition) is 5. The predicted molar refractivity (Wildman–Crippen MR) is 67.9 cm³/mol. The van der Waals surface area contributed by atoms with Crippen LogP contribution >= 0.6 is 11.7 Å². The minimum absolute atomic E-state index is 0.0906. The molecule has 1 unspecified atom stereocenters. The van der Waals surface area contributed by atoms with Gasteiger partial charge in [-0.25, -0.2) is 0 Å². The van der Waals surface area contributed by atoms with Gasteiger partial charge in [0.2, 0.25) is 0 Å². The van der Waals surface area contributed by atoms with Crippen LogP contribution in [0.3, 0.4) is 0 Å². The Labute approximate surface area is 105 Å². The van der Waals surface area contributed by atoms with Gasteiger partial charge in [-0.05, 0) is 19.0 Å². The fraction of sp³-hybridized carbons (Fsp3) is 0.545. The van der Waals surface area contributed by atoms with Crippen LogP contribution in [0.5, 0.6) is 0 Å². The second kappa shape index (κ2) is 5.88. The Morgan fingerprint density at radius 1 is 1.47 bits per heavy atom. The molecular formula is C11H17N5S. The Bertz CT molecular complexity index is 436. The van der Waals surface area contributed by atoms with Gasteiger partial charge in [-0.2, -0.15) is 13.8 Å². The van der Waals surface area contributed by atoms with Gasteiger partial charge < -0.3 is 5.32 Å². The molecule has 6 heteroatoms. The molecule has 0 aromatic carbocycles. The summed E-state index contributed by atoms with van der Waals surface area (Å²) in [7, 11) is 0. The molecule has 0 saturated carbocycles. The first kappa shape index (κ1) is 12.2. The fourth-order valence-corrected chi connectivity index (χ4v) is 2.30. The number of nitrogens with one attached hydrogen (secondary N) is 1. The molecule has 0 aliphatic heterocycles. The van der Waals surface area contributed by atoms with Crippen molar-refractivity contribution in [1.29, 1.82) is 0 Å². The summed E-state index contributed by atoms with van der Waals surface area (Å²) in [5, 5.41) is 7.78. The van der Waals surface area contributed by atoms with Crippen molar-refractivity contribution in [2.45, 2.75) is 32.9 Å². The molecular weight excluding hydrogens is 234 g/mol. The Hall–Kier alpha value is -1.27. The molecule has 17 heavy (non-hydrogen) atoms. The molecule has 2 rings (SSSR count). The van der Waals surface area contributed by atoms with Crippen LogP contribution < -0.4 is 5.32 Å². The number of rotatable bonds is 6. The van der Waals surface area contributed by atoms with Gasteiger partial charge in [-0.3, -0.25) is 4.68 Å². The molecule has 0 aliphatic carbocycles. The Morgan fingerprint density at radius 3 is 3.00 bits per heavy atom. The van der Waals surface area contributed by atoms with Crippen molar-refractivity contribution in [2.24, 2.45) is 0 Å². The second-order valence-corrected chi connectivity index (χ2v) is 4.36. The highest BCUT2D eigenvalue weighted by Crippen LogP contribution is 2.20. The highest BCUT2D eigenvalue weighted by Gasteiger charge is 2.19. The summed E-state index contributed by atoms with van der Waals surface area (Å²) in [4.78, 5) is 0. The van der Waals surface area contributed by atoms with Crippen LogP contribution in [-0.4, -0.2) is 25.1 Å². The van der Waals surface area contributed by atoms with Crippen molar-refractivity contribution >= 4 is 11.7 Å². The van der Waals surface area contributed by atoms with E-state index < -0.39 is 0 Å². The second-order valence-electron chi connectivity index (χ2n) is 3.80. The van der Waals surface area contributed by atoms with Crippen molar-refractivity contribution in [2.75, 3.05) is 6.54 Å². The van der Waals surface area contributed by atoms with Crippen molar-refractivity contribution in [3.05, 3.63) is 29.8 Å². The summed E-state index contributed by atoms with van der Waals surface area (Å²) < 4.78 is 10.4. The summed E-state index contributed by atoms with van der Waals surface area (Å²) in [5.41, 5.74) is 2.12. The van der Waals surface area contributed by atoms with Crippen molar-refractivity contribution in [1.82, 2.24) is 23.8 Å². The first-order chi connectivity index (χ1) is 8.36. The van der Waals surface area contributed by atoms with E-state index in [1.165, 1.54) is 11.7 Å². The molecule has 0 bridgehead atoms. The summed E-state index contributed by atoms with van der Waals surface area (Å²) in [6.07, 6.45) is 4.74. The summed E-state index contributed by atoms with van der Waals surface area (Å²) in [6.45, 7) is 6.06. The lowest BCUT2D eigenvalue weighted by atomic mass is 10.1. The van der Waals surface area contributed by atoms with Gasteiger partial charge in [-0.15, -0.1) is 0 Å². The standard InChI is InChI=1S/C11H17N5S/c1-3-7-16-10(5-6-13-16)11(12-4-2)9-8-14-17-15-9/h5-6,8,11-12H,3-4,7H2,1-2H3. The van der Waals surface area contributed by atoms with E-state index in [9.17, 15) is 0 Å². The monoisotopic (exact) mass is 251 g/mol. The Balaban J connectivity index is 2.29. The molecule has 0 aliphatic rings. The zero-order valence-corrected chi connectivity index (χ0v) is 10.9. The van der Waals surface area contributed by atoms with Crippen LogP contribution in [0.15, 0.2) is 18.5 Å². The molecule has 2 aromatic rings. The molecule has 1 N–H and O–H groups in total. The Kier molecular flexibility index (Phi) is 4.22. The molecule has 0 spiro atoms. The molecule has 0 fully saturated rings. The van der Waals surface area contributed by atoms with Crippen LogP contribution in [0.25, 0.3) is 0 Å². The molecule has 0 saturated heterocycles. The SMILES string of the molecule is CCCn1nccc1C(NCC)c1cnsn1. The molecule has 5 nitrogen and oxygen atoms in total. The third kappa shape index (κ3) is 2.70. The Morgan fingerprint density at radius 2 is 2.35 bits per heavy atom. The number of aromatic nitrogens is 4. The maximum absolute atomic E-state index is 4.35. The van der Waals surface area contributed by atoms with Gasteiger partial charge in [0.25, 0.3) is 0 Å². The average Bonchev–Trinajstić information content (AvgIpc) is 2.97. The maximum Gasteiger partial charge on any atom is 0.0973 e. The van der Waals surface area contributed by atoms with E-state index in [1.54, 1.807) is 0 Å². The maximum atomic E-state index is 4.35. The number of aryl methyl sites for hydroxylation is 1. The average molecular weight is 251 g/mol. The van der Waals surface area contributed by atoms with E-state index in [-0.39, 0.29) is 6.04 Å². The largest absolute Gasteiger partial charge is 0.304 e. The van der Waals surface area contributed by atoms with Gasteiger partial charge in [-0.1, -0.05) is 13.8 Å². The zero-order chi connectivity index (χ0) is 12.1. The van der Waals surface area contributed by atoms with E-state index in [0.717, 1.165) is 30.9 Å². The van der Waals surface area contributed by atoms with Gasteiger partial charge in [0.05, 0.1) is 35.4 Å². The van der Waals surface area contributed by atoms with Crippen LogP contribution in [0.1, 0.15) is 37.7 Å². The summed E-state index contributed by atoms with van der Waals surface area (Å²) in [5.74, 6) is 0. The number of nitrogens with zero attached hydrogens (tertiary/aromatic N) is 4. The molecule has 2 aromatic heterocycles. The van der Waals surface area contributed by atoms with Crippen LogP contribution in [0.4, 0.5) is 0 Å². The third-order valence-electron chi connectivity index (χ3n) is 2.56. The smallest absolute Gasteiger partial charge is 0.0973 e. The highest BCUT2D eigenvalue weighted by molar-refractivity contribution is 6.99. The van der Waals surface area contributed by atoms with Crippen LogP contribution in [0, 0.1) is 0 Å². The van der Waals surface area contributed by atoms with Gasteiger partial charge in [0.1, 0.15) is 0 Å². The van der Waals surface area contributed by atoms with E-state index >= 15 is 0 Å². The third-order valence-corrected chi connectivity index (χ3v) is 3.06. The highest BCUT2D eigenvalue weighted by atomic mass is 32.1. The lowest BCUT2D eigenvalue weighted by Crippen LogP contribution is -2.25. The van der Waals surface area contributed by atoms with E-state index in [1.807, 2.05) is 23.1 Å². The van der Waals surface area contributed by atoms with Crippen molar-refractivity contribution in [3.8, 4) is 0 Å². The van der Waals surface area contributed by atoms with Crippen LogP contribution in [0.2, 0.25) is 0 Å². The van der Waals surface area contributed by atoms with Crippen molar-refractivity contribution < 1.29 is 0 Å². The molecule has 92 valence electrons. The first-order valence-corrected chi connectivity index (χ1v) is 6.62. The topological polar surface area (TPSA) is 55.6 Å². The van der Waals surface area contributed by atoms with E-state index in [4.69, 9.17) is 0 Å². The molecule has 2 heterocycles. The van der Waals surface area contributed by atoms with Gasteiger partial charge >= 0.3 is 0 Å². The normalized spacial score (nSPS) is 12.8. The quantitative estimate of drug-likeness (QED) is 0.851. The van der Waals surface area contributed by atoms with Gasteiger partial charge in [0.15, 0.2) is 0 Å². The lowest BCUT2D eigenvalue weighted by Gasteiger charge is -2.16. The summed E-state index contributed by atoms with van der Waals surface area (Å²) >= 11 is 1.24. The molecule has 1 atom stereocenters. The van der Waals surface area contributed by atoms with Gasteiger partial charge in [0, 0.05) is 12.7 Å². The van der Waals surface area contributed by atoms with E-state index in [0.29, 0.717) is 0 Å². The molecule has 0 amide bonds. The minimum Gasteiger partial charge on any atom is -0.304 e. The fourth-order valence-electron chi connectivity index (χ4n) is 1.85. The van der Waals surface area contributed by atoms with Crippen molar-refractivity contribution in [3.63, 3.8) is 0 Å². The molecule has 0 radical (unpaired) electrons. The minimum atomic E-state index is 0.0906. The predicted octanol–water partition coefficient (Wildman–Crippen LogP) is 1.84. The van der Waals surface area contributed by atoms with Crippen LogP contribution in [-0.2, 0) is 6.54 Å². The number of hydrogen-bond donors (Lipinski definition) is 1. The lowest BCUT2D eigenvalue weighted by molar-refractivity contribution is 0.516. The van der Waals surface area contributed by atoms with E-state index in [2.05, 4.69) is 33.0 Å². The zero-order valence-electron chi connectivity index (χ0n) is 10.1. The summed E-state index contributed by atoms with van der Waals surface area (Å²) in [6, 6.07) is 2.13. The first-order valence-electron chi connectivity index (χ1n) is 5.89.